The number of benzene rings is 2. The molecule has 34 heavy (non-hydrogen) atoms. The average molecular weight is 457 g/mol. The molecule has 3 heterocycles. The third-order valence-electron chi connectivity index (χ3n) is 6.22. The second-order valence-corrected chi connectivity index (χ2v) is 8.63. The Morgan fingerprint density at radius 2 is 1.82 bits per heavy atom. The summed E-state index contributed by atoms with van der Waals surface area (Å²) < 4.78 is 7.75. The van der Waals surface area contributed by atoms with Gasteiger partial charge in [-0.1, -0.05) is 6.07 Å². The number of imidazole rings is 1. The number of carbonyl (C=O) groups is 1. The molecule has 2 fully saturated rings. The molecule has 1 aliphatic carbocycles. The van der Waals surface area contributed by atoms with Crippen LogP contribution in [0.3, 0.4) is 0 Å². The zero-order valence-electron chi connectivity index (χ0n) is 18.5. The van der Waals surface area contributed by atoms with E-state index in [0.29, 0.717) is 31.0 Å². The van der Waals surface area contributed by atoms with E-state index in [1.54, 1.807) is 24.3 Å². The fourth-order valence-electron chi connectivity index (χ4n) is 4.23. The Bertz CT molecular complexity index is 1360. The van der Waals surface area contributed by atoms with Crippen LogP contribution in [0.1, 0.15) is 29.2 Å². The Labute approximate surface area is 196 Å². The number of nitrogens with one attached hydrogen (secondary N) is 1. The quantitative estimate of drug-likeness (QED) is 0.447. The summed E-state index contributed by atoms with van der Waals surface area (Å²) in [6.07, 6.45) is 4.36. The average Bonchev–Trinajstić information content (AvgIpc) is 3.63. The summed E-state index contributed by atoms with van der Waals surface area (Å²) in [5, 5.41) is 12.5. The first-order valence-corrected chi connectivity index (χ1v) is 11.4. The third-order valence-corrected chi connectivity index (χ3v) is 6.22. The van der Waals surface area contributed by atoms with E-state index in [0.717, 1.165) is 41.1 Å². The van der Waals surface area contributed by atoms with Crippen molar-refractivity contribution in [1.29, 1.82) is 0 Å². The number of ether oxygens (including phenoxy) is 1. The summed E-state index contributed by atoms with van der Waals surface area (Å²) >= 11 is 0. The molecule has 9 nitrogen and oxygen atoms in total. The highest BCUT2D eigenvalue weighted by Gasteiger charge is 2.25. The van der Waals surface area contributed by atoms with Crippen LogP contribution in [0.15, 0.2) is 54.9 Å². The Hall–Kier alpha value is -3.98. The number of hydrogen-bond acceptors (Lipinski definition) is 7. The lowest BCUT2D eigenvalue weighted by molar-refractivity contribution is 0.0697. The SMILES string of the molecule is O=C(O)c1ccc(Nc2cc(-c3ccc4c(c3)ncn4C3CC3)nc(N3CCOCC3)n2)cc1. The van der Waals surface area contributed by atoms with E-state index in [-0.39, 0.29) is 5.56 Å². The van der Waals surface area contributed by atoms with E-state index in [9.17, 15) is 4.79 Å². The number of fused-ring (bicyclic) bond motifs is 1. The molecule has 0 bridgehead atoms. The number of carboxylic acid groups (broad SMARTS) is 1. The topological polar surface area (TPSA) is 105 Å². The molecule has 0 spiro atoms. The molecule has 2 aromatic heterocycles. The lowest BCUT2D eigenvalue weighted by Gasteiger charge is -2.27. The van der Waals surface area contributed by atoms with Crippen molar-refractivity contribution in [3.63, 3.8) is 0 Å². The van der Waals surface area contributed by atoms with Crippen LogP contribution < -0.4 is 10.2 Å². The molecule has 0 radical (unpaired) electrons. The maximum atomic E-state index is 11.2. The molecule has 0 atom stereocenters. The monoisotopic (exact) mass is 456 g/mol. The molecule has 0 amide bonds. The van der Waals surface area contributed by atoms with Gasteiger partial charge < -0.3 is 24.6 Å². The van der Waals surface area contributed by atoms with E-state index < -0.39 is 5.97 Å². The van der Waals surface area contributed by atoms with E-state index >= 15 is 0 Å². The van der Waals surface area contributed by atoms with Crippen LogP contribution in [0.5, 0.6) is 0 Å². The minimum absolute atomic E-state index is 0.238. The smallest absolute Gasteiger partial charge is 0.335 e. The number of aromatic carboxylic acids is 1. The third kappa shape index (κ3) is 4.06. The van der Waals surface area contributed by atoms with Gasteiger partial charge in [-0.25, -0.2) is 14.8 Å². The highest BCUT2D eigenvalue weighted by Crippen LogP contribution is 2.37. The van der Waals surface area contributed by atoms with Crippen LogP contribution in [-0.4, -0.2) is 56.9 Å². The van der Waals surface area contributed by atoms with Gasteiger partial charge in [0, 0.05) is 36.4 Å². The van der Waals surface area contributed by atoms with Crippen molar-refractivity contribution in [3.8, 4) is 11.3 Å². The zero-order chi connectivity index (χ0) is 23.1. The number of aromatic nitrogens is 4. The fourth-order valence-corrected chi connectivity index (χ4v) is 4.23. The van der Waals surface area contributed by atoms with E-state index in [1.165, 1.54) is 12.8 Å². The van der Waals surface area contributed by atoms with Crippen molar-refractivity contribution < 1.29 is 14.6 Å². The van der Waals surface area contributed by atoms with Gasteiger partial charge in [0.2, 0.25) is 5.95 Å². The van der Waals surface area contributed by atoms with Gasteiger partial charge in [-0.05, 0) is 49.2 Å². The summed E-state index contributed by atoms with van der Waals surface area (Å²) in [6.45, 7) is 2.72. The van der Waals surface area contributed by atoms with Gasteiger partial charge in [0.1, 0.15) is 5.82 Å². The number of rotatable bonds is 6. The van der Waals surface area contributed by atoms with Crippen molar-refractivity contribution >= 4 is 34.5 Å². The van der Waals surface area contributed by atoms with Crippen LogP contribution in [0.4, 0.5) is 17.5 Å². The molecule has 6 rings (SSSR count). The second-order valence-electron chi connectivity index (χ2n) is 8.63. The number of carboxylic acids is 1. The summed E-state index contributed by atoms with van der Waals surface area (Å²) in [7, 11) is 0. The molecule has 0 unspecified atom stereocenters. The minimum atomic E-state index is -0.954. The van der Waals surface area contributed by atoms with Gasteiger partial charge in [0.15, 0.2) is 0 Å². The number of anilines is 3. The van der Waals surface area contributed by atoms with Crippen molar-refractivity contribution in [2.45, 2.75) is 18.9 Å². The maximum Gasteiger partial charge on any atom is 0.335 e. The van der Waals surface area contributed by atoms with E-state index in [4.69, 9.17) is 19.8 Å². The first kappa shape index (κ1) is 20.6. The fraction of sp³-hybridized carbons (Fsp3) is 0.280. The Balaban J connectivity index is 1.37. The Kier molecular flexibility index (Phi) is 5.10. The van der Waals surface area contributed by atoms with Crippen LogP contribution in [0.25, 0.3) is 22.3 Å². The minimum Gasteiger partial charge on any atom is -0.478 e. The van der Waals surface area contributed by atoms with Gasteiger partial charge in [-0.15, -0.1) is 0 Å². The summed E-state index contributed by atoms with van der Waals surface area (Å²) in [5.74, 6) is 0.317. The van der Waals surface area contributed by atoms with Gasteiger partial charge in [-0.3, -0.25) is 0 Å². The molecule has 172 valence electrons. The first-order valence-electron chi connectivity index (χ1n) is 11.4. The molecule has 4 aromatic rings. The van der Waals surface area contributed by atoms with Crippen LogP contribution in [0.2, 0.25) is 0 Å². The molecule has 2 aromatic carbocycles. The second kappa shape index (κ2) is 8.42. The van der Waals surface area contributed by atoms with Crippen LogP contribution in [-0.2, 0) is 4.74 Å². The Morgan fingerprint density at radius 3 is 2.56 bits per heavy atom. The largest absolute Gasteiger partial charge is 0.478 e. The number of morpholine rings is 1. The predicted molar refractivity (Wildman–Crippen MR) is 129 cm³/mol. The molecular formula is C25H24N6O3. The first-order chi connectivity index (χ1) is 16.6. The highest BCUT2D eigenvalue weighted by atomic mass is 16.5. The molecule has 1 aliphatic heterocycles. The summed E-state index contributed by atoms with van der Waals surface area (Å²) in [4.78, 5) is 27.5. The van der Waals surface area contributed by atoms with Gasteiger partial charge in [0.05, 0.1) is 41.8 Å². The predicted octanol–water partition coefficient (Wildman–Crippen LogP) is 4.11. The van der Waals surface area contributed by atoms with Gasteiger partial charge in [0.25, 0.3) is 0 Å². The maximum absolute atomic E-state index is 11.2. The van der Waals surface area contributed by atoms with Gasteiger partial charge >= 0.3 is 5.97 Å². The van der Waals surface area contributed by atoms with Crippen molar-refractivity contribution in [3.05, 3.63) is 60.4 Å². The van der Waals surface area contributed by atoms with Gasteiger partial charge in [-0.2, -0.15) is 4.98 Å². The standard InChI is InChI=1S/C25H24N6O3/c32-24(33)16-1-4-18(5-2-16)27-23-14-20(28-25(29-23)30-9-11-34-12-10-30)17-3-8-22-21(13-17)26-15-31(22)19-6-7-19/h1-5,8,13-15,19H,6-7,9-12H2,(H,32,33)(H,27,28,29). The Morgan fingerprint density at radius 1 is 1.03 bits per heavy atom. The van der Waals surface area contributed by atoms with E-state index in [1.807, 2.05) is 12.4 Å². The molecular weight excluding hydrogens is 432 g/mol. The number of hydrogen-bond donors (Lipinski definition) is 2. The molecule has 9 heteroatoms. The lowest BCUT2D eigenvalue weighted by Crippen LogP contribution is -2.37. The number of nitrogens with zero attached hydrogens (tertiary/aromatic N) is 5. The van der Waals surface area contributed by atoms with Crippen LogP contribution in [0, 0.1) is 0 Å². The normalized spacial score (nSPS) is 16.1. The highest BCUT2D eigenvalue weighted by molar-refractivity contribution is 5.88. The molecule has 2 N–H and O–H groups in total. The molecule has 2 aliphatic rings. The van der Waals surface area contributed by atoms with Crippen molar-refractivity contribution in [2.75, 3.05) is 36.5 Å². The molecule has 1 saturated heterocycles. The summed E-state index contributed by atoms with van der Waals surface area (Å²) in [6, 6.07) is 15.4. The zero-order valence-corrected chi connectivity index (χ0v) is 18.5. The summed E-state index contributed by atoms with van der Waals surface area (Å²) in [5.41, 5.74) is 4.85. The molecule has 1 saturated carbocycles. The van der Waals surface area contributed by atoms with E-state index in [2.05, 4.69) is 38.0 Å². The van der Waals surface area contributed by atoms with Crippen molar-refractivity contribution in [1.82, 2.24) is 19.5 Å². The van der Waals surface area contributed by atoms with Crippen LogP contribution >= 0.6 is 0 Å². The lowest BCUT2D eigenvalue weighted by atomic mass is 10.1. The van der Waals surface area contributed by atoms with Crippen molar-refractivity contribution in [2.24, 2.45) is 0 Å².